The predicted octanol–water partition coefficient (Wildman–Crippen LogP) is 3.73. The lowest BCUT2D eigenvalue weighted by atomic mass is 10.2. The summed E-state index contributed by atoms with van der Waals surface area (Å²) in [5, 5.41) is 7.86. The molecule has 146 valence electrons. The molecule has 1 saturated heterocycles. The molecule has 0 spiro atoms. The van der Waals surface area contributed by atoms with Crippen molar-refractivity contribution in [3.63, 3.8) is 0 Å². The van der Waals surface area contributed by atoms with Crippen molar-refractivity contribution in [3.8, 4) is 5.75 Å². The van der Waals surface area contributed by atoms with Crippen LogP contribution in [-0.2, 0) is 4.74 Å². The van der Waals surface area contributed by atoms with Gasteiger partial charge in [0.05, 0.1) is 12.1 Å². The summed E-state index contributed by atoms with van der Waals surface area (Å²) in [6.07, 6.45) is 2.36. The summed E-state index contributed by atoms with van der Waals surface area (Å²) in [5.74, 6) is 0.779. The number of anilines is 1. The molecule has 2 aromatic rings. The van der Waals surface area contributed by atoms with Crippen LogP contribution in [0, 0.1) is 0 Å². The van der Waals surface area contributed by atoms with Gasteiger partial charge >= 0.3 is 6.03 Å². The molecular formula is C20H27N3O3S. The number of hydrogen-bond acceptors (Lipinski definition) is 5. The smallest absolute Gasteiger partial charge is 0.319 e. The zero-order chi connectivity index (χ0) is 19.1. The van der Waals surface area contributed by atoms with E-state index >= 15 is 0 Å². The molecule has 2 N–H and O–H groups in total. The molecule has 1 aliphatic rings. The third kappa shape index (κ3) is 5.95. The van der Waals surface area contributed by atoms with Gasteiger partial charge in [0.2, 0.25) is 0 Å². The van der Waals surface area contributed by atoms with Crippen molar-refractivity contribution in [2.45, 2.75) is 25.0 Å². The Morgan fingerprint density at radius 1 is 1.33 bits per heavy atom. The van der Waals surface area contributed by atoms with Gasteiger partial charge in [-0.2, -0.15) is 0 Å². The topological polar surface area (TPSA) is 62.8 Å². The molecule has 0 saturated carbocycles. The first-order valence-electron chi connectivity index (χ1n) is 9.21. The van der Waals surface area contributed by atoms with Crippen molar-refractivity contribution < 1.29 is 14.3 Å². The lowest BCUT2D eigenvalue weighted by Gasteiger charge is -2.23. The van der Waals surface area contributed by atoms with Crippen LogP contribution in [0.3, 0.4) is 0 Å². The second-order valence-corrected chi connectivity index (χ2v) is 7.78. The summed E-state index contributed by atoms with van der Waals surface area (Å²) in [7, 11) is 4.03. The molecule has 0 radical (unpaired) electrons. The summed E-state index contributed by atoms with van der Waals surface area (Å²) < 4.78 is 11.3. The maximum atomic E-state index is 12.2. The van der Waals surface area contributed by atoms with E-state index in [0.29, 0.717) is 13.2 Å². The van der Waals surface area contributed by atoms with Gasteiger partial charge in [-0.3, -0.25) is 0 Å². The minimum absolute atomic E-state index is 0.157. The first-order valence-corrected chi connectivity index (χ1v) is 10.1. The molecule has 0 bridgehead atoms. The van der Waals surface area contributed by atoms with E-state index in [4.69, 9.17) is 9.47 Å². The highest BCUT2D eigenvalue weighted by Crippen LogP contribution is 2.22. The molecule has 2 heterocycles. The summed E-state index contributed by atoms with van der Waals surface area (Å²) in [5.41, 5.74) is 0.731. The Balaban J connectivity index is 1.44. The van der Waals surface area contributed by atoms with Gasteiger partial charge in [-0.15, -0.1) is 11.3 Å². The van der Waals surface area contributed by atoms with Gasteiger partial charge in [0.15, 0.2) is 0 Å². The van der Waals surface area contributed by atoms with Crippen LogP contribution in [0.15, 0.2) is 41.8 Å². The first-order chi connectivity index (χ1) is 13.1. The monoisotopic (exact) mass is 389 g/mol. The molecule has 1 aromatic heterocycles. The van der Waals surface area contributed by atoms with Crippen LogP contribution in [0.1, 0.15) is 23.8 Å². The van der Waals surface area contributed by atoms with Crippen LogP contribution >= 0.6 is 11.3 Å². The lowest BCUT2D eigenvalue weighted by molar-refractivity contribution is 0.0679. The maximum absolute atomic E-state index is 12.2. The summed E-state index contributed by atoms with van der Waals surface area (Å²) in [6.45, 7) is 1.94. The fraction of sp³-hybridized carbons (Fsp3) is 0.450. The number of benzene rings is 1. The Hall–Kier alpha value is -2.09. The minimum Gasteiger partial charge on any atom is -0.491 e. The van der Waals surface area contributed by atoms with Gasteiger partial charge in [0.25, 0.3) is 0 Å². The molecule has 2 atom stereocenters. The van der Waals surface area contributed by atoms with Gasteiger partial charge in [-0.25, -0.2) is 4.79 Å². The van der Waals surface area contributed by atoms with Crippen LogP contribution in [0.25, 0.3) is 0 Å². The largest absolute Gasteiger partial charge is 0.491 e. The number of carbonyl (C=O) groups is 1. The molecule has 27 heavy (non-hydrogen) atoms. The van der Waals surface area contributed by atoms with Gasteiger partial charge in [-0.1, -0.05) is 6.07 Å². The van der Waals surface area contributed by atoms with E-state index in [1.54, 1.807) is 11.3 Å². The normalized spacial score (nSPS) is 17.7. The number of likely N-dealkylation sites (N-methyl/N-ethyl adjacent to an activating group) is 1. The van der Waals surface area contributed by atoms with Crippen LogP contribution in [-0.4, -0.2) is 50.9 Å². The highest BCUT2D eigenvalue weighted by molar-refractivity contribution is 7.10. The third-order valence-corrected chi connectivity index (χ3v) is 5.50. The molecule has 7 heteroatoms. The number of nitrogens with one attached hydrogen (secondary N) is 2. The Morgan fingerprint density at radius 2 is 2.15 bits per heavy atom. The summed E-state index contributed by atoms with van der Waals surface area (Å²) in [4.78, 5) is 15.5. The average Bonchev–Trinajstić information content (AvgIpc) is 3.35. The SMILES string of the molecule is CN(C)[C@@H](CNC(=O)Nc1ccc(OC[C@@H]2CCCO2)cc1)c1cccs1. The standard InChI is InChI=1S/C20H27N3O3S/c1-23(2)18(19-6-4-12-27-19)13-21-20(24)22-15-7-9-16(10-8-15)26-14-17-5-3-11-25-17/h4,6-10,12,17-18H,3,5,11,13-14H2,1-2H3,(H2,21,22,24)/t17-,18-/m0/s1. The third-order valence-electron chi connectivity index (χ3n) is 4.52. The fourth-order valence-electron chi connectivity index (χ4n) is 2.98. The maximum Gasteiger partial charge on any atom is 0.319 e. The van der Waals surface area contributed by atoms with Crippen molar-refractivity contribution >= 4 is 23.1 Å². The lowest BCUT2D eigenvalue weighted by Crippen LogP contribution is -2.36. The van der Waals surface area contributed by atoms with Gasteiger partial charge < -0.3 is 25.0 Å². The van der Waals surface area contributed by atoms with E-state index in [2.05, 4.69) is 21.6 Å². The predicted molar refractivity (Wildman–Crippen MR) is 109 cm³/mol. The van der Waals surface area contributed by atoms with Crippen molar-refractivity contribution in [1.29, 1.82) is 0 Å². The average molecular weight is 390 g/mol. The second-order valence-electron chi connectivity index (χ2n) is 6.80. The van der Waals surface area contributed by atoms with Crippen molar-refractivity contribution in [3.05, 3.63) is 46.7 Å². The van der Waals surface area contributed by atoms with Crippen LogP contribution in [0.5, 0.6) is 5.75 Å². The number of nitrogens with zero attached hydrogens (tertiary/aromatic N) is 1. The van der Waals surface area contributed by atoms with E-state index < -0.39 is 0 Å². The van der Waals surface area contributed by atoms with Crippen molar-refractivity contribution in [1.82, 2.24) is 10.2 Å². The highest BCUT2D eigenvalue weighted by Gasteiger charge is 2.17. The van der Waals surface area contributed by atoms with E-state index in [1.807, 2.05) is 49.8 Å². The number of carbonyl (C=O) groups excluding carboxylic acids is 1. The number of rotatable bonds is 8. The quantitative estimate of drug-likeness (QED) is 0.722. The van der Waals surface area contributed by atoms with Crippen molar-refractivity contribution in [2.75, 3.05) is 39.2 Å². The molecule has 3 rings (SSSR count). The van der Waals surface area contributed by atoms with Gasteiger partial charge in [-0.05, 0) is 62.6 Å². The second kappa shape index (κ2) is 9.73. The van der Waals surface area contributed by atoms with Crippen LogP contribution in [0.4, 0.5) is 10.5 Å². The van der Waals surface area contributed by atoms with E-state index in [-0.39, 0.29) is 18.2 Å². The molecule has 0 aliphatic carbocycles. The molecule has 2 amide bonds. The summed E-state index contributed by atoms with van der Waals surface area (Å²) in [6, 6.07) is 11.5. The molecular weight excluding hydrogens is 362 g/mol. The Morgan fingerprint density at radius 3 is 2.78 bits per heavy atom. The zero-order valence-corrected chi connectivity index (χ0v) is 16.6. The Kier molecular flexibility index (Phi) is 7.09. The first kappa shape index (κ1) is 19.7. The molecule has 1 aromatic carbocycles. The van der Waals surface area contributed by atoms with Crippen molar-refractivity contribution in [2.24, 2.45) is 0 Å². The van der Waals surface area contributed by atoms with E-state index in [0.717, 1.165) is 30.9 Å². The van der Waals surface area contributed by atoms with E-state index in [9.17, 15) is 4.79 Å². The zero-order valence-electron chi connectivity index (χ0n) is 15.8. The molecule has 1 fully saturated rings. The minimum atomic E-state index is -0.216. The molecule has 6 nitrogen and oxygen atoms in total. The number of ether oxygens (including phenoxy) is 2. The Labute approximate surface area is 164 Å². The van der Waals surface area contributed by atoms with Crippen LogP contribution in [0.2, 0.25) is 0 Å². The number of amides is 2. The molecule has 0 unspecified atom stereocenters. The number of thiophene rings is 1. The van der Waals surface area contributed by atoms with Crippen LogP contribution < -0.4 is 15.4 Å². The van der Waals surface area contributed by atoms with Gasteiger partial charge in [0, 0.05) is 23.7 Å². The highest BCUT2D eigenvalue weighted by atomic mass is 32.1. The molecule has 1 aliphatic heterocycles. The number of hydrogen-bond donors (Lipinski definition) is 2. The van der Waals surface area contributed by atoms with E-state index in [1.165, 1.54) is 4.88 Å². The fourth-order valence-corrected chi connectivity index (χ4v) is 3.91. The number of urea groups is 1. The summed E-state index contributed by atoms with van der Waals surface area (Å²) >= 11 is 1.69. The van der Waals surface area contributed by atoms with Gasteiger partial charge in [0.1, 0.15) is 12.4 Å². The Bertz CT molecular complexity index is 698.